The lowest BCUT2D eigenvalue weighted by atomic mass is 10.0. The molecule has 7 N–H and O–H groups in total. The van der Waals surface area contributed by atoms with Crippen molar-refractivity contribution in [2.24, 2.45) is 11.7 Å². The molecule has 3 amide bonds. The quantitative estimate of drug-likeness (QED) is 0.211. The largest absolute Gasteiger partial charge is 0.480 e. The Morgan fingerprint density at radius 1 is 1.16 bits per heavy atom. The van der Waals surface area contributed by atoms with Gasteiger partial charge in [-0.3, -0.25) is 19.2 Å². The third-order valence-corrected chi connectivity index (χ3v) is 4.97. The number of carboxylic acids is 1. The standard InChI is InChI=1S/C19H32N6O5S/c1-11(2)6-15(18(29)22-9-16(26)27)25-19(30)14(4-5-31-3)24-17(28)13(20)7-12-8-21-10-23-12/h8,10-11,13-15H,4-7,9,20H2,1-3H3,(H,21,23)(H,22,29)(H,24,28)(H,25,30)(H,26,27). The highest BCUT2D eigenvalue weighted by molar-refractivity contribution is 7.98. The van der Waals surface area contributed by atoms with Crippen LogP contribution in [0.1, 0.15) is 32.4 Å². The van der Waals surface area contributed by atoms with Crippen molar-refractivity contribution in [3.8, 4) is 0 Å². The van der Waals surface area contributed by atoms with Gasteiger partial charge in [0.2, 0.25) is 17.7 Å². The van der Waals surface area contributed by atoms with Crippen LogP contribution in [0, 0.1) is 5.92 Å². The van der Waals surface area contributed by atoms with Gasteiger partial charge < -0.3 is 31.8 Å². The molecule has 1 rings (SSSR count). The highest BCUT2D eigenvalue weighted by Crippen LogP contribution is 2.08. The Balaban J connectivity index is 2.81. The van der Waals surface area contributed by atoms with Crippen molar-refractivity contribution in [2.45, 2.75) is 51.2 Å². The molecular weight excluding hydrogens is 424 g/mol. The summed E-state index contributed by atoms with van der Waals surface area (Å²) >= 11 is 1.51. The number of imidazole rings is 1. The number of carboxylic acid groups (broad SMARTS) is 1. The molecule has 1 heterocycles. The molecule has 174 valence electrons. The van der Waals surface area contributed by atoms with Crippen molar-refractivity contribution in [1.29, 1.82) is 0 Å². The number of thioether (sulfide) groups is 1. The molecular formula is C19H32N6O5S. The first-order valence-corrected chi connectivity index (χ1v) is 11.3. The molecule has 12 heteroatoms. The fourth-order valence-electron chi connectivity index (χ4n) is 2.77. The van der Waals surface area contributed by atoms with Crippen LogP contribution in [0.3, 0.4) is 0 Å². The molecule has 0 bridgehead atoms. The van der Waals surface area contributed by atoms with Gasteiger partial charge in [0.15, 0.2) is 0 Å². The Labute approximate surface area is 185 Å². The van der Waals surface area contributed by atoms with Crippen molar-refractivity contribution in [3.63, 3.8) is 0 Å². The molecule has 11 nitrogen and oxygen atoms in total. The normalized spacial score (nSPS) is 13.8. The summed E-state index contributed by atoms with van der Waals surface area (Å²) in [6.07, 6.45) is 5.83. The Morgan fingerprint density at radius 3 is 2.39 bits per heavy atom. The molecule has 31 heavy (non-hydrogen) atoms. The second-order valence-electron chi connectivity index (χ2n) is 7.53. The number of H-pyrrole nitrogens is 1. The molecule has 1 aromatic rings. The van der Waals surface area contributed by atoms with E-state index < -0.39 is 48.4 Å². The number of aromatic amines is 1. The summed E-state index contributed by atoms with van der Waals surface area (Å²) in [6, 6.07) is -2.68. The first kappa shape index (κ1) is 26.4. The lowest BCUT2D eigenvalue weighted by Crippen LogP contribution is -2.56. The van der Waals surface area contributed by atoms with Crippen LogP contribution in [-0.2, 0) is 25.6 Å². The zero-order valence-electron chi connectivity index (χ0n) is 18.0. The molecule has 0 fully saturated rings. The van der Waals surface area contributed by atoms with E-state index in [4.69, 9.17) is 10.8 Å². The molecule has 0 aromatic carbocycles. The SMILES string of the molecule is CSCCC(NC(=O)C(N)Cc1cnc[nH]1)C(=O)NC(CC(C)C)C(=O)NCC(=O)O. The van der Waals surface area contributed by atoms with Gasteiger partial charge in [0, 0.05) is 18.3 Å². The third-order valence-electron chi connectivity index (χ3n) is 4.33. The maximum Gasteiger partial charge on any atom is 0.322 e. The number of nitrogens with one attached hydrogen (secondary N) is 4. The smallest absolute Gasteiger partial charge is 0.322 e. The lowest BCUT2D eigenvalue weighted by molar-refractivity contribution is -0.138. The van der Waals surface area contributed by atoms with Crippen molar-refractivity contribution >= 4 is 35.5 Å². The summed E-state index contributed by atoms with van der Waals surface area (Å²) < 4.78 is 0. The highest BCUT2D eigenvalue weighted by Gasteiger charge is 2.28. The van der Waals surface area contributed by atoms with E-state index in [0.29, 0.717) is 24.3 Å². The molecule has 0 aliphatic heterocycles. The predicted octanol–water partition coefficient (Wildman–Crippen LogP) is -0.751. The van der Waals surface area contributed by atoms with Crippen LogP contribution < -0.4 is 21.7 Å². The number of aliphatic carboxylic acids is 1. The van der Waals surface area contributed by atoms with Crippen molar-refractivity contribution in [3.05, 3.63) is 18.2 Å². The monoisotopic (exact) mass is 456 g/mol. The molecule has 0 aliphatic rings. The van der Waals surface area contributed by atoms with Crippen LogP contribution >= 0.6 is 11.8 Å². The molecule has 0 aliphatic carbocycles. The van der Waals surface area contributed by atoms with Crippen molar-refractivity contribution in [1.82, 2.24) is 25.9 Å². The van der Waals surface area contributed by atoms with Crippen LogP contribution in [0.4, 0.5) is 0 Å². The fourth-order valence-corrected chi connectivity index (χ4v) is 3.24. The molecule has 0 saturated heterocycles. The van der Waals surface area contributed by atoms with Crippen LogP contribution in [0.2, 0.25) is 0 Å². The van der Waals surface area contributed by atoms with E-state index >= 15 is 0 Å². The number of amides is 3. The summed E-state index contributed by atoms with van der Waals surface area (Å²) in [7, 11) is 0. The third kappa shape index (κ3) is 10.3. The average Bonchev–Trinajstić information content (AvgIpc) is 3.20. The number of carbonyl (C=O) groups excluding carboxylic acids is 3. The Morgan fingerprint density at radius 2 is 1.84 bits per heavy atom. The summed E-state index contributed by atoms with van der Waals surface area (Å²) in [5, 5.41) is 16.4. The van der Waals surface area contributed by atoms with Gasteiger partial charge in [-0.05, 0) is 30.8 Å². The minimum atomic E-state index is -1.18. The van der Waals surface area contributed by atoms with Crippen LogP contribution in [0.15, 0.2) is 12.5 Å². The van der Waals surface area contributed by atoms with E-state index in [2.05, 4.69) is 25.9 Å². The van der Waals surface area contributed by atoms with Gasteiger partial charge in [-0.25, -0.2) is 4.98 Å². The average molecular weight is 457 g/mol. The van der Waals surface area contributed by atoms with E-state index in [-0.39, 0.29) is 12.3 Å². The Kier molecular flexibility index (Phi) is 11.6. The van der Waals surface area contributed by atoms with Gasteiger partial charge in [-0.1, -0.05) is 13.8 Å². The maximum atomic E-state index is 12.9. The summed E-state index contributed by atoms with van der Waals surface area (Å²) in [5.41, 5.74) is 6.65. The van der Waals surface area contributed by atoms with Crippen LogP contribution in [0.5, 0.6) is 0 Å². The number of aromatic nitrogens is 2. The maximum absolute atomic E-state index is 12.9. The number of nitrogens with zero attached hydrogens (tertiary/aromatic N) is 1. The topological polar surface area (TPSA) is 179 Å². The van der Waals surface area contributed by atoms with Crippen LogP contribution in [-0.4, -0.2) is 75.4 Å². The predicted molar refractivity (Wildman–Crippen MR) is 117 cm³/mol. The number of rotatable bonds is 14. The zero-order chi connectivity index (χ0) is 23.4. The zero-order valence-corrected chi connectivity index (χ0v) is 18.8. The Hall–Kier alpha value is -2.60. The first-order valence-electron chi connectivity index (χ1n) is 9.96. The molecule has 0 spiro atoms. The highest BCUT2D eigenvalue weighted by atomic mass is 32.2. The molecule has 3 unspecified atom stereocenters. The Bertz CT molecular complexity index is 727. The number of carbonyl (C=O) groups is 4. The second-order valence-corrected chi connectivity index (χ2v) is 8.52. The second kappa shape index (κ2) is 13.7. The lowest BCUT2D eigenvalue weighted by Gasteiger charge is -2.24. The van der Waals surface area contributed by atoms with Crippen molar-refractivity contribution < 1.29 is 24.3 Å². The summed E-state index contributed by atoms with van der Waals surface area (Å²) in [6.45, 7) is 3.22. The van der Waals surface area contributed by atoms with Gasteiger partial charge in [0.1, 0.15) is 18.6 Å². The fraction of sp³-hybridized carbons (Fsp3) is 0.632. The number of hydrogen-bond donors (Lipinski definition) is 6. The number of nitrogens with two attached hydrogens (primary N) is 1. The molecule has 0 radical (unpaired) electrons. The van der Waals surface area contributed by atoms with Gasteiger partial charge in [0.25, 0.3) is 0 Å². The van der Waals surface area contributed by atoms with E-state index in [9.17, 15) is 19.2 Å². The van der Waals surface area contributed by atoms with Crippen LogP contribution in [0.25, 0.3) is 0 Å². The van der Waals surface area contributed by atoms with E-state index in [0.717, 1.165) is 0 Å². The summed E-state index contributed by atoms with van der Waals surface area (Å²) in [5.74, 6) is -2.11. The minimum absolute atomic E-state index is 0.0722. The van der Waals surface area contributed by atoms with Gasteiger partial charge in [0.05, 0.1) is 12.4 Å². The van der Waals surface area contributed by atoms with Gasteiger partial charge in [-0.2, -0.15) is 11.8 Å². The summed E-state index contributed by atoms with van der Waals surface area (Å²) in [4.78, 5) is 55.2. The number of hydrogen-bond acceptors (Lipinski definition) is 7. The van der Waals surface area contributed by atoms with Crippen molar-refractivity contribution in [2.75, 3.05) is 18.6 Å². The van der Waals surface area contributed by atoms with E-state index in [1.54, 1.807) is 6.20 Å². The van der Waals surface area contributed by atoms with E-state index in [1.807, 2.05) is 20.1 Å². The minimum Gasteiger partial charge on any atom is -0.480 e. The molecule has 3 atom stereocenters. The van der Waals surface area contributed by atoms with Gasteiger partial charge in [-0.15, -0.1) is 0 Å². The molecule has 0 saturated carbocycles. The first-order chi connectivity index (χ1) is 14.6. The molecule has 1 aromatic heterocycles. The van der Waals surface area contributed by atoms with E-state index in [1.165, 1.54) is 18.1 Å². The van der Waals surface area contributed by atoms with Gasteiger partial charge >= 0.3 is 5.97 Å².